The third-order valence-corrected chi connectivity index (χ3v) is 2.30. The second-order valence-corrected chi connectivity index (χ2v) is 2.97. The van der Waals surface area contributed by atoms with Gasteiger partial charge in [0.2, 0.25) is 0 Å². The van der Waals surface area contributed by atoms with Gasteiger partial charge in [0, 0.05) is 13.1 Å². The van der Waals surface area contributed by atoms with Gasteiger partial charge in [0.25, 0.3) is 0 Å². The molecule has 1 aliphatic rings. The molecule has 0 spiro atoms. The zero-order chi connectivity index (χ0) is 7.40. The molecule has 0 amide bonds. The molecule has 1 heterocycles. The molecule has 58 valence electrons. The van der Waals surface area contributed by atoms with Crippen LogP contribution in [0.15, 0.2) is 0 Å². The van der Waals surface area contributed by atoms with E-state index in [0.29, 0.717) is 17.3 Å². The minimum atomic E-state index is 0.564. The number of likely N-dealkylation sites (tertiary alicyclic amines) is 1. The predicted octanol–water partition coefficient (Wildman–Crippen LogP) is 1.08. The molecule has 10 heavy (non-hydrogen) atoms. The average molecular weight is 178 g/mol. The van der Waals surface area contributed by atoms with Gasteiger partial charge in [0.15, 0.2) is 5.11 Å². The monoisotopic (exact) mass is 178 g/mol. The van der Waals surface area contributed by atoms with Gasteiger partial charge in [0.05, 0.1) is 0 Å². The van der Waals surface area contributed by atoms with E-state index in [9.17, 15) is 0 Å². The SMILES string of the molecule is OSNC(=S)N1CCCC1. The molecule has 0 aromatic heterocycles. The molecule has 0 aromatic rings. The lowest BCUT2D eigenvalue weighted by atomic mass is 10.4. The van der Waals surface area contributed by atoms with Gasteiger partial charge in [-0.3, -0.25) is 4.72 Å². The first kappa shape index (κ1) is 8.10. The maximum atomic E-state index is 8.39. The number of nitrogens with zero attached hydrogens (tertiary/aromatic N) is 1. The Hall–Kier alpha value is -0.0000000000000000278. The molecule has 0 atom stereocenters. The smallest absolute Gasteiger partial charge is 0.180 e. The van der Waals surface area contributed by atoms with Crippen molar-refractivity contribution >= 4 is 29.6 Å². The van der Waals surface area contributed by atoms with Crippen LogP contribution in [-0.2, 0) is 0 Å². The Kier molecular flexibility index (Phi) is 3.24. The van der Waals surface area contributed by atoms with Gasteiger partial charge in [-0.25, -0.2) is 0 Å². The molecule has 0 unspecified atom stereocenters. The Morgan fingerprint density at radius 2 is 2.10 bits per heavy atom. The molecule has 1 saturated heterocycles. The van der Waals surface area contributed by atoms with Crippen LogP contribution in [0.1, 0.15) is 12.8 Å². The zero-order valence-corrected chi connectivity index (χ0v) is 7.17. The van der Waals surface area contributed by atoms with Gasteiger partial charge in [-0.2, -0.15) is 0 Å². The van der Waals surface area contributed by atoms with E-state index in [0.717, 1.165) is 13.1 Å². The topological polar surface area (TPSA) is 35.5 Å². The highest BCUT2D eigenvalue weighted by atomic mass is 32.2. The first-order chi connectivity index (χ1) is 4.84. The second kappa shape index (κ2) is 4.00. The Balaban J connectivity index is 2.25. The van der Waals surface area contributed by atoms with Crippen molar-refractivity contribution in [1.82, 2.24) is 9.62 Å². The van der Waals surface area contributed by atoms with E-state index >= 15 is 0 Å². The fraction of sp³-hybridized carbons (Fsp3) is 0.800. The highest BCUT2D eigenvalue weighted by Crippen LogP contribution is 2.07. The number of hydrogen-bond donors (Lipinski definition) is 2. The quantitative estimate of drug-likeness (QED) is 0.357. The molecule has 0 bridgehead atoms. The number of hydrogen-bond acceptors (Lipinski definition) is 3. The molecule has 1 fully saturated rings. The van der Waals surface area contributed by atoms with Crippen LogP contribution >= 0.6 is 24.4 Å². The third-order valence-electron chi connectivity index (χ3n) is 1.53. The summed E-state index contributed by atoms with van der Waals surface area (Å²) < 4.78 is 11.0. The summed E-state index contributed by atoms with van der Waals surface area (Å²) in [6.07, 6.45) is 2.41. The summed E-state index contributed by atoms with van der Waals surface area (Å²) in [6.45, 7) is 2.04. The normalized spacial score (nSPS) is 17.5. The summed E-state index contributed by atoms with van der Waals surface area (Å²) in [6, 6.07) is 0. The molecular weight excluding hydrogens is 168 g/mol. The van der Waals surface area contributed by atoms with E-state index in [1.54, 1.807) is 0 Å². The number of thiocarbonyl (C=S) groups is 1. The number of nitrogens with one attached hydrogen (secondary N) is 1. The summed E-state index contributed by atoms with van der Waals surface area (Å²) in [5.74, 6) is 0. The van der Waals surface area contributed by atoms with Crippen LogP contribution in [0, 0.1) is 0 Å². The summed E-state index contributed by atoms with van der Waals surface area (Å²) in [4.78, 5) is 2.05. The Morgan fingerprint density at radius 3 is 2.60 bits per heavy atom. The Bertz CT molecular complexity index is 125. The zero-order valence-electron chi connectivity index (χ0n) is 5.54. The molecule has 2 N–H and O–H groups in total. The van der Waals surface area contributed by atoms with Crippen LogP contribution in [-0.4, -0.2) is 27.7 Å². The van der Waals surface area contributed by atoms with Gasteiger partial charge in [-0.05, 0) is 25.1 Å². The molecule has 3 nitrogen and oxygen atoms in total. The molecule has 0 aromatic carbocycles. The summed E-state index contributed by atoms with van der Waals surface area (Å²) in [7, 11) is 0. The lowest BCUT2D eigenvalue weighted by Crippen LogP contribution is -2.33. The van der Waals surface area contributed by atoms with Crippen molar-refractivity contribution in [2.75, 3.05) is 13.1 Å². The minimum Gasteiger partial charge on any atom is -0.349 e. The summed E-state index contributed by atoms with van der Waals surface area (Å²) in [5, 5.41) is 0.644. The van der Waals surface area contributed by atoms with Crippen molar-refractivity contribution in [3.05, 3.63) is 0 Å². The molecule has 1 aliphatic heterocycles. The second-order valence-electron chi connectivity index (χ2n) is 2.19. The van der Waals surface area contributed by atoms with Gasteiger partial charge < -0.3 is 9.45 Å². The van der Waals surface area contributed by atoms with Gasteiger partial charge in [-0.15, -0.1) is 0 Å². The van der Waals surface area contributed by atoms with E-state index in [-0.39, 0.29) is 0 Å². The van der Waals surface area contributed by atoms with Crippen LogP contribution in [0.5, 0.6) is 0 Å². The van der Waals surface area contributed by atoms with Gasteiger partial charge in [-0.1, -0.05) is 0 Å². The molecule has 0 radical (unpaired) electrons. The van der Waals surface area contributed by atoms with Crippen LogP contribution < -0.4 is 4.72 Å². The van der Waals surface area contributed by atoms with Crippen molar-refractivity contribution < 1.29 is 4.55 Å². The molecule has 1 rings (SSSR count). The van der Waals surface area contributed by atoms with Crippen molar-refractivity contribution in [3.8, 4) is 0 Å². The standard InChI is InChI=1S/C5H10N2OS2/c8-10-6-5(9)7-3-1-2-4-7/h8H,1-4H2,(H,6,9). The van der Waals surface area contributed by atoms with Crippen LogP contribution in [0.4, 0.5) is 0 Å². The van der Waals surface area contributed by atoms with Crippen LogP contribution in [0.25, 0.3) is 0 Å². The van der Waals surface area contributed by atoms with Crippen LogP contribution in [0.3, 0.4) is 0 Å². The fourth-order valence-corrected chi connectivity index (χ4v) is 1.53. The first-order valence-electron chi connectivity index (χ1n) is 3.20. The van der Waals surface area contributed by atoms with Gasteiger partial charge >= 0.3 is 0 Å². The largest absolute Gasteiger partial charge is 0.349 e. The highest BCUT2D eigenvalue weighted by Gasteiger charge is 2.13. The number of rotatable bonds is 1. The minimum absolute atomic E-state index is 0.564. The molecular formula is C5H10N2OS2. The molecule has 5 heteroatoms. The van der Waals surface area contributed by atoms with Crippen molar-refractivity contribution in [1.29, 1.82) is 0 Å². The van der Waals surface area contributed by atoms with Crippen molar-refractivity contribution in [2.24, 2.45) is 0 Å². The predicted molar refractivity (Wildman–Crippen MR) is 46.8 cm³/mol. The van der Waals surface area contributed by atoms with E-state index in [1.165, 1.54) is 12.8 Å². The maximum Gasteiger partial charge on any atom is 0.180 e. The third kappa shape index (κ3) is 2.00. The summed E-state index contributed by atoms with van der Waals surface area (Å²) in [5.41, 5.74) is 0. The fourth-order valence-electron chi connectivity index (χ4n) is 1.02. The molecule has 0 aliphatic carbocycles. The van der Waals surface area contributed by atoms with E-state index < -0.39 is 0 Å². The molecule has 0 saturated carbocycles. The maximum absolute atomic E-state index is 8.39. The van der Waals surface area contributed by atoms with Gasteiger partial charge in [0.1, 0.15) is 12.2 Å². The Labute approximate surface area is 70.1 Å². The first-order valence-corrected chi connectivity index (χ1v) is 4.38. The average Bonchev–Trinajstić information content (AvgIpc) is 2.38. The lowest BCUT2D eigenvalue weighted by Gasteiger charge is -2.16. The lowest BCUT2D eigenvalue weighted by molar-refractivity contribution is 0.518. The van der Waals surface area contributed by atoms with Crippen molar-refractivity contribution in [3.63, 3.8) is 0 Å². The Morgan fingerprint density at radius 1 is 1.50 bits per heavy atom. The van der Waals surface area contributed by atoms with Crippen LogP contribution in [0.2, 0.25) is 0 Å². The van der Waals surface area contributed by atoms with E-state index in [1.807, 2.05) is 0 Å². The summed E-state index contributed by atoms with van der Waals surface area (Å²) >= 11 is 5.51. The highest BCUT2D eigenvalue weighted by molar-refractivity contribution is 7.93. The van der Waals surface area contributed by atoms with E-state index in [4.69, 9.17) is 16.8 Å². The van der Waals surface area contributed by atoms with E-state index in [2.05, 4.69) is 9.62 Å². The van der Waals surface area contributed by atoms with Crippen molar-refractivity contribution in [2.45, 2.75) is 12.8 Å².